The van der Waals surface area contributed by atoms with Crippen molar-refractivity contribution >= 4 is 20.2 Å². The van der Waals surface area contributed by atoms with Crippen LogP contribution in [0, 0.1) is 0 Å². The summed E-state index contributed by atoms with van der Waals surface area (Å²) in [5.41, 5.74) is 3.42. The van der Waals surface area contributed by atoms with Crippen molar-refractivity contribution in [3.63, 3.8) is 0 Å². The Morgan fingerprint density at radius 2 is 0.838 bits per heavy atom. The van der Waals surface area contributed by atoms with Gasteiger partial charge in [0.15, 0.2) is 0 Å². The van der Waals surface area contributed by atoms with E-state index >= 15 is 0 Å². The zero-order valence-electron chi connectivity index (χ0n) is 21.6. The molecule has 0 aliphatic heterocycles. The van der Waals surface area contributed by atoms with Crippen LogP contribution in [0.1, 0.15) is 131 Å². The Balaban J connectivity index is 1.43. The van der Waals surface area contributed by atoms with Crippen molar-refractivity contribution in [1.82, 2.24) is 29.3 Å². The Kier molecular flexibility index (Phi) is 8.04. The predicted octanol–water partition coefficient (Wildman–Crippen LogP) is 8.01. The van der Waals surface area contributed by atoms with E-state index in [-0.39, 0.29) is 0 Å². The molecule has 9 heteroatoms. The molecule has 6 rings (SSSR count). The van der Waals surface area contributed by atoms with Gasteiger partial charge in [0, 0.05) is 0 Å². The van der Waals surface area contributed by atoms with Gasteiger partial charge in [-0.05, 0) is 0 Å². The Bertz CT molecular complexity index is 1010. The zero-order chi connectivity index (χ0) is 25.2. The molecule has 0 saturated heterocycles. The number of rotatable bonds is 7. The number of hydrogen-bond donors (Lipinski definition) is 0. The molecule has 3 heterocycles. The van der Waals surface area contributed by atoms with Gasteiger partial charge in [-0.25, -0.2) is 0 Å². The van der Waals surface area contributed by atoms with Gasteiger partial charge in [-0.1, -0.05) is 0 Å². The summed E-state index contributed by atoms with van der Waals surface area (Å²) in [4.78, 5) is 0. The molecule has 37 heavy (non-hydrogen) atoms. The first-order valence-corrected chi connectivity index (χ1v) is 18.2. The van der Waals surface area contributed by atoms with Crippen LogP contribution in [0.5, 0.6) is 0 Å². The summed E-state index contributed by atoms with van der Waals surface area (Å²) in [6, 6.07) is 6.50. The molecule has 0 aromatic carbocycles. The molecule has 3 aromatic rings. The summed E-state index contributed by atoms with van der Waals surface area (Å²) in [5.74, 6) is 1.50. The topological polar surface area (TPSA) is 53.5 Å². The van der Waals surface area contributed by atoms with Crippen molar-refractivity contribution in [2.24, 2.45) is 0 Å². The maximum atomic E-state index is 7.08. The molecule has 0 spiro atoms. The van der Waals surface area contributed by atoms with Crippen LogP contribution >= 0.6 is 20.2 Å². The Hall–Kier alpha value is -1.27. The number of aromatic nitrogens is 6. The average Bonchev–Trinajstić information content (AvgIpc) is 3.73. The van der Waals surface area contributed by atoms with Gasteiger partial charge in [0.1, 0.15) is 0 Å². The molecule has 0 radical (unpaired) electrons. The third kappa shape index (κ3) is 5.06. The van der Waals surface area contributed by atoms with Crippen LogP contribution in [-0.2, 0) is 16.8 Å². The van der Waals surface area contributed by atoms with Gasteiger partial charge in [-0.15, -0.1) is 0 Å². The molecule has 0 atom stereocenters. The first-order valence-electron chi connectivity index (χ1n) is 14.4. The fourth-order valence-corrected chi connectivity index (χ4v) is 9.52. The second-order valence-electron chi connectivity index (χ2n) is 11.3. The average molecular weight is 586 g/mol. The number of hydrogen-bond acceptors (Lipinski definition) is 3. The van der Waals surface area contributed by atoms with Crippen LogP contribution in [0.15, 0.2) is 36.8 Å². The molecule has 202 valence electrons. The van der Waals surface area contributed by atoms with Gasteiger partial charge >= 0.3 is 234 Å². The predicted molar refractivity (Wildman–Crippen MR) is 145 cm³/mol. The van der Waals surface area contributed by atoms with Crippen LogP contribution in [0.4, 0.5) is 0 Å². The second kappa shape index (κ2) is 11.5. The van der Waals surface area contributed by atoms with Gasteiger partial charge < -0.3 is 0 Å². The van der Waals surface area contributed by atoms with Crippen LogP contribution in [0.25, 0.3) is 0 Å². The van der Waals surface area contributed by atoms with Crippen molar-refractivity contribution in [3.05, 3.63) is 53.9 Å². The standard InChI is InChI=1S/C28H39N6.2ClH.Mn/c1-4-10-22(11-5-1)25-16-19-32(29-25)28(33-20-17-26(30-33)23-12-6-2-7-13-23)34-21-18-27(31-34)24-14-8-3-9-15-24;;;/h16-24H,1-15H2;2*1H;/q;;;+2/p-2. The molecule has 6 nitrogen and oxygen atoms in total. The number of halogens is 2. The van der Waals surface area contributed by atoms with E-state index in [1.165, 1.54) is 96.3 Å². The zero-order valence-corrected chi connectivity index (χ0v) is 24.3. The van der Waals surface area contributed by atoms with E-state index in [9.17, 15) is 0 Å². The Labute approximate surface area is 233 Å². The molecule has 0 N–H and O–H groups in total. The van der Waals surface area contributed by atoms with E-state index in [1.54, 1.807) is 0 Å². The van der Waals surface area contributed by atoms with Gasteiger partial charge in [0.05, 0.1) is 0 Å². The third-order valence-electron chi connectivity index (χ3n) is 8.97. The summed E-state index contributed by atoms with van der Waals surface area (Å²) >= 11 is -2.12. The molecule has 3 aliphatic rings. The molecule has 0 unspecified atom stereocenters. The van der Waals surface area contributed by atoms with Crippen molar-refractivity contribution < 1.29 is 12.1 Å². The molecule has 3 saturated carbocycles. The van der Waals surface area contributed by atoms with Crippen molar-refractivity contribution in [3.8, 4) is 0 Å². The first-order chi connectivity index (χ1) is 18.2. The second-order valence-corrected chi connectivity index (χ2v) is 15.7. The van der Waals surface area contributed by atoms with Gasteiger partial charge in [0.25, 0.3) is 0 Å². The van der Waals surface area contributed by atoms with E-state index in [0.29, 0.717) is 17.8 Å². The fraction of sp³-hybridized carbons (Fsp3) is 0.679. The summed E-state index contributed by atoms with van der Waals surface area (Å²) in [6.07, 6.45) is 25.0. The molecular formula is C28H39Cl2MnN6. The van der Waals surface area contributed by atoms with E-state index in [0.717, 1.165) is 17.1 Å². The molecule has 3 aromatic heterocycles. The molecular weight excluding hydrogens is 546 g/mol. The Morgan fingerprint density at radius 3 is 1.11 bits per heavy atom. The fourth-order valence-electron chi connectivity index (χ4n) is 6.85. The van der Waals surface area contributed by atoms with Crippen molar-refractivity contribution in [2.45, 2.75) is 119 Å². The molecule has 3 aliphatic carbocycles. The van der Waals surface area contributed by atoms with Crippen molar-refractivity contribution in [1.29, 1.82) is 0 Å². The van der Waals surface area contributed by atoms with E-state index in [2.05, 4.69) is 36.8 Å². The van der Waals surface area contributed by atoms with Crippen LogP contribution < -0.4 is 0 Å². The summed E-state index contributed by atoms with van der Waals surface area (Å²) in [7, 11) is 14.2. The van der Waals surface area contributed by atoms with Crippen LogP contribution in [0.2, 0.25) is 0 Å². The number of nitrogens with zero attached hydrogens (tertiary/aromatic N) is 6. The van der Waals surface area contributed by atoms with Gasteiger partial charge in [0.2, 0.25) is 0 Å². The molecule has 0 amide bonds. The summed E-state index contributed by atoms with van der Waals surface area (Å²) in [5, 5.41) is 15.5. The maximum absolute atomic E-state index is 7.08. The van der Waals surface area contributed by atoms with Crippen LogP contribution in [0.3, 0.4) is 0 Å². The van der Waals surface area contributed by atoms with Gasteiger partial charge in [-0.2, -0.15) is 0 Å². The van der Waals surface area contributed by atoms with Crippen molar-refractivity contribution in [2.75, 3.05) is 0 Å². The normalized spacial score (nSPS) is 21.4. The molecule has 3 fully saturated rings. The summed E-state index contributed by atoms with van der Waals surface area (Å²) < 4.78 is 4.91. The quantitative estimate of drug-likeness (QED) is 0.264. The molecule has 0 bridgehead atoms. The van der Waals surface area contributed by atoms with E-state index in [4.69, 9.17) is 35.5 Å². The van der Waals surface area contributed by atoms with E-state index in [1.807, 2.05) is 14.0 Å². The van der Waals surface area contributed by atoms with Gasteiger partial charge in [-0.3, -0.25) is 0 Å². The first kappa shape index (κ1) is 26.0. The summed E-state index contributed by atoms with van der Waals surface area (Å²) in [6.45, 7) is 0. The minimum absolute atomic E-state index is 0.500. The monoisotopic (exact) mass is 584 g/mol. The SMILES string of the molecule is [Cl][Mn]([Cl])[C](n1ccc(C2CCCCC2)n1)(n1ccc(C2CCCCC2)n1)n1ccc(C2CCCCC2)n1. The third-order valence-corrected chi connectivity index (χ3v) is 12.0. The van der Waals surface area contributed by atoms with E-state index < -0.39 is 16.8 Å². The van der Waals surface area contributed by atoms with Crippen LogP contribution in [-0.4, -0.2) is 29.3 Å². The minimum atomic E-state index is -2.12. The Morgan fingerprint density at radius 1 is 0.541 bits per heavy atom.